The Morgan fingerprint density at radius 2 is 2.43 bits per heavy atom. The largest absolute Gasteiger partial charge is 0.465 e. The van der Waals surface area contributed by atoms with Crippen molar-refractivity contribution in [2.45, 2.75) is 0 Å². The molecule has 14 heavy (non-hydrogen) atoms. The van der Waals surface area contributed by atoms with Gasteiger partial charge in [0, 0.05) is 11.0 Å². The average molecular weight is 213 g/mol. The summed E-state index contributed by atoms with van der Waals surface area (Å²) < 4.78 is 4.51. The molecule has 0 spiro atoms. The number of hydrogen-bond acceptors (Lipinski definition) is 5. The quantitative estimate of drug-likeness (QED) is 0.436. The van der Waals surface area contributed by atoms with Crippen molar-refractivity contribution in [2.75, 3.05) is 7.11 Å². The Kier molecular flexibility index (Phi) is 3.35. The highest BCUT2D eigenvalue weighted by Gasteiger charge is 2.11. The lowest BCUT2D eigenvalue weighted by molar-refractivity contribution is -0.400. The van der Waals surface area contributed by atoms with E-state index in [2.05, 4.69) is 4.74 Å². The summed E-state index contributed by atoms with van der Waals surface area (Å²) in [5.74, 6) is -0.491. The summed E-state index contributed by atoms with van der Waals surface area (Å²) in [6.45, 7) is 0. The van der Waals surface area contributed by atoms with E-state index in [1.165, 1.54) is 24.5 Å². The molecule has 1 heterocycles. The number of carbonyl (C=O) groups excluding carboxylic acids is 1. The lowest BCUT2D eigenvalue weighted by Gasteiger charge is -1.95. The number of ether oxygens (including phenoxy) is 1. The predicted octanol–water partition coefficient (Wildman–Crippen LogP) is 1.78. The summed E-state index contributed by atoms with van der Waals surface area (Å²) in [5.41, 5.74) is 0.343. The Bertz CT molecular complexity index is 382. The lowest BCUT2D eigenvalue weighted by atomic mass is 10.2. The van der Waals surface area contributed by atoms with Gasteiger partial charge in [0.2, 0.25) is 6.20 Å². The molecule has 0 saturated carbocycles. The second kappa shape index (κ2) is 4.52. The number of hydrogen-bond donors (Lipinski definition) is 0. The molecule has 5 nitrogen and oxygen atoms in total. The van der Waals surface area contributed by atoms with Crippen LogP contribution in [-0.4, -0.2) is 18.0 Å². The highest BCUT2D eigenvalue weighted by atomic mass is 32.1. The molecule has 0 bridgehead atoms. The van der Waals surface area contributed by atoms with E-state index in [-0.39, 0.29) is 0 Å². The molecule has 1 rings (SSSR count). The Balaban J connectivity index is 2.93. The molecule has 0 N–H and O–H groups in total. The maximum atomic E-state index is 11.1. The summed E-state index contributed by atoms with van der Waals surface area (Å²) >= 11 is 1.24. The van der Waals surface area contributed by atoms with Crippen LogP contribution in [0, 0.1) is 10.1 Å². The van der Waals surface area contributed by atoms with Crippen molar-refractivity contribution in [1.29, 1.82) is 0 Å². The molecule has 1 aromatic rings. The number of rotatable bonds is 3. The van der Waals surface area contributed by atoms with Crippen molar-refractivity contribution in [3.05, 3.63) is 38.2 Å². The molecule has 74 valence electrons. The van der Waals surface area contributed by atoms with Crippen LogP contribution in [0.25, 0.3) is 6.08 Å². The summed E-state index contributed by atoms with van der Waals surface area (Å²) in [5, 5.41) is 11.7. The van der Waals surface area contributed by atoms with Gasteiger partial charge in [0.05, 0.1) is 17.6 Å². The van der Waals surface area contributed by atoms with E-state index < -0.39 is 10.9 Å². The van der Waals surface area contributed by atoms with Gasteiger partial charge in [-0.1, -0.05) is 0 Å². The van der Waals surface area contributed by atoms with Crippen molar-refractivity contribution in [3.63, 3.8) is 0 Å². The van der Waals surface area contributed by atoms with E-state index >= 15 is 0 Å². The third kappa shape index (κ3) is 2.40. The first kappa shape index (κ1) is 10.4. The third-order valence-electron chi connectivity index (χ3n) is 1.45. The molecule has 0 aliphatic heterocycles. The minimum atomic E-state index is -0.583. The van der Waals surface area contributed by atoms with Gasteiger partial charge in [-0.15, -0.1) is 11.3 Å². The van der Waals surface area contributed by atoms with Crippen molar-refractivity contribution < 1.29 is 14.5 Å². The van der Waals surface area contributed by atoms with E-state index in [1.54, 1.807) is 11.4 Å². The molecule has 0 radical (unpaired) electrons. The fourth-order valence-corrected chi connectivity index (χ4v) is 1.63. The van der Waals surface area contributed by atoms with Crippen LogP contribution >= 0.6 is 11.3 Å². The average Bonchev–Trinajstić information content (AvgIpc) is 2.61. The Morgan fingerprint density at radius 3 is 3.00 bits per heavy atom. The smallest absolute Gasteiger partial charge is 0.339 e. The van der Waals surface area contributed by atoms with Crippen LogP contribution in [0.2, 0.25) is 0 Å². The van der Waals surface area contributed by atoms with Gasteiger partial charge in [-0.25, -0.2) is 4.79 Å². The van der Waals surface area contributed by atoms with Crippen LogP contribution in [0.5, 0.6) is 0 Å². The first-order valence-electron chi connectivity index (χ1n) is 3.62. The van der Waals surface area contributed by atoms with E-state index in [9.17, 15) is 14.9 Å². The molecule has 0 amide bonds. The molecule has 0 aromatic carbocycles. The monoisotopic (exact) mass is 213 g/mol. The van der Waals surface area contributed by atoms with E-state index in [0.717, 1.165) is 6.20 Å². The second-order valence-electron chi connectivity index (χ2n) is 2.29. The fourth-order valence-electron chi connectivity index (χ4n) is 0.857. The van der Waals surface area contributed by atoms with Gasteiger partial charge in [0.25, 0.3) is 0 Å². The topological polar surface area (TPSA) is 69.4 Å². The molecule has 0 atom stereocenters. The first-order chi connectivity index (χ1) is 6.65. The van der Waals surface area contributed by atoms with Gasteiger partial charge >= 0.3 is 5.97 Å². The molecular weight excluding hydrogens is 206 g/mol. The Morgan fingerprint density at radius 1 is 1.71 bits per heavy atom. The number of nitro groups is 1. The van der Waals surface area contributed by atoms with Crippen molar-refractivity contribution in [2.24, 2.45) is 0 Å². The zero-order chi connectivity index (χ0) is 10.6. The van der Waals surface area contributed by atoms with Crippen molar-refractivity contribution in [1.82, 2.24) is 0 Å². The molecule has 0 unspecified atom stereocenters. The zero-order valence-electron chi connectivity index (χ0n) is 7.30. The van der Waals surface area contributed by atoms with Crippen LogP contribution in [0.1, 0.15) is 15.2 Å². The van der Waals surface area contributed by atoms with Gasteiger partial charge in [-0.2, -0.15) is 0 Å². The molecule has 0 fully saturated rings. The van der Waals surface area contributed by atoms with Crippen LogP contribution in [-0.2, 0) is 4.74 Å². The van der Waals surface area contributed by atoms with Gasteiger partial charge in [0.15, 0.2) is 0 Å². The van der Waals surface area contributed by atoms with Gasteiger partial charge in [-0.3, -0.25) is 10.1 Å². The predicted molar refractivity (Wildman–Crippen MR) is 51.7 cm³/mol. The van der Waals surface area contributed by atoms with Crippen LogP contribution in [0.3, 0.4) is 0 Å². The lowest BCUT2D eigenvalue weighted by Crippen LogP contribution is -2.00. The van der Waals surface area contributed by atoms with E-state index in [1.807, 2.05) is 0 Å². The highest BCUT2D eigenvalue weighted by Crippen LogP contribution is 2.19. The number of methoxy groups -OCH3 is 1. The highest BCUT2D eigenvalue weighted by molar-refractivity contribution is 7.11. The van der Waals surface area contributed by atoms with Crippen LogP contribution < -0.4 is 0 Å². The van der Waals surface area contributed by atoms with Crippen LogP contribution in [0.4, 0.5) is 0 Å². The van der Waals surface area contributed by atoms with E-state index in [0.29, 0.717) is 10.4 Å². The number of nitrogens with zero attached hydrogens (tertiary/aromatic N) is 1. The normalized spacial score (nSPS) is 10.4. The summed E-state index contributed by atoms with van der Waals surface area (Å²) in [4.78, 5) is 21.1. The minimum absolute atomic E-state index is 0.343. The fraction of sp³-hybridized carbons (Fsp3) is 0.125. The van der Waals surface area contributed by atoms with Crippen molar-refractivity contribution >= 4 is 23.4 Å². The Labute approximate surface area is 83.8 Å². The number of esters is 1. The SMILES string of the molecule is COC(=O)c1ccsc1/C=C/[N+](=O)[O-]. The number of carbonyl (C=O) groups is 1. The molecule has 0 aliphatic carbocycles. The minimum Gasteiger partial charge on any atom is -0.465 e. The third-order valence-corrected chi connectivity index (χ3v) is 2.33. The maximum absolute atomic E-state index is 11.1. The molecule has 0 saturated heterocycles. The Hall–Kier alpha value is -1.69. The summed E-state index contributed by atoms with van der Waals surface area (Å²) in [6.07, 6.45) is 2.06. The van der Waals surface area contributed by atoms with Crippen LogP contribution in [0.15, 0.2) is 17.6 Å². The maximum Gasteiger partial charge on any atom is 0.339 e. The van der Waals surface area contributed by atoms with E-state index in [4.69, 9.17) is 0 Å². The molecule has 6 heteroatoms. The molecule has 0 aliphatic rings. The summed E-state index contributed by atoms with van der Waals surface area (Å²) in [6, 6.07) is 1.57. The zero-order valence-corrected chi connectivity index (χ0v) is 8.11. The number of thiophene rings is 1. The summed E-state index contributed by atoms with van der Waals surface area (Å²) in [7, 11) is 1.26. The standard InChI is InChI=1S/C8H7NO4S/c1-13-8(10)6-3-5-14-7(6)2-4-9(11)12/h2-5H,1H3/b4-2+. The molecule has 1 aromatic heterocycles. The van der Waals surface area contributed by atoms with Gasteiger partial charge in [0.1, 0.15) is 0 Å². The molecular formula is C8H7NO4S. The second-order valence-corrected chi connectivity index (χ2v) is 3.24. The van der Waals surface area contributed by atoms with Gasteiger partial charge < -0.3 is 4.74 Å². The van der Waals surface area contributed by atoms with Gasteiger partial charge in [-0.05, 0) is 11.4 Å². The first-order valence-corrected chi connectivity index (χ1v) is 4.50. The van der Waals surface area contributed by atoms with Crippen molar-refractivity contribution in [3.8, 4) is 0 Å².